The molecule has 0 saturated carbocycles. The third kappa shape index (κ3) is 3.23. The minimum atomic E-state index is -0.252. The van der Waals surface area contributed by atoms with E-state index >= 15 is 0 Å². The fraction of sp³-hybridized carbons (Fsp3) is 0.111. The van der Waals surface area contributed by atoms with Crippen LogP contribution >= 0.6 is 11.3 Å². The standard InChI is InChI=1S/C18H16N2O3S/c1-22-12-7-8-15(23-2)14(11-12)20-18(21)13-5-3-9-19-17(13)16-6-4-10-24-16/h3-11H,1-2H3,(H,20,21). The lowest BCUT2D eigenvalue weighted by Gasteiger charge is -2.13. The van der Waals surface area contributed by atoms with Gasteiger partial charge in [0.25, 0.3) is 5.91 Å². The molecule has 0 radical (unpaired) electrons. The number of hydrogen-bond donors (Lipinski definition) is 1. The fourth-order valence-electron chi connectivity index (χ4n) is 2.30. The number of pyridine rings is 1. The van der Waals surface area contributed by atoms with E-state index in [1.54, 1.807) is 62.1 Å². The van der Waals surface area contributed by atoms with Crippen molar-refractivity contribution in [1.29, 1.82) is 0 Å². The van der Waals surface area contributed by atoms with Gasteiger partial charge >= 0.3 is 0 Å². The molecule has 2 aromatic heterocycles. The van der Waals surface area contributed by atoms with Crippen LogP contribution in [0.3, 0.4) is 0 Å². The first-order valence-corrected chi connectivity index (χ1v) is 8.13. The average Bonchev–Trinajstić information content (AvgIpc) is 3.16. The Balaban J connectivity index is 1.94. The van der Waals surface area contributed by atoms with Gasteiger partial charge in [-0.1, -0.05) is 6.07 Å². The monoisotopic (exact) mass is 340 g/mol. The van der Waals surface area contributed by atoms with Crippen molar-refractivity contribution in [1.82, 2.24) is 4.98 Å². The first-order valence-electron chi connectivity index (χ1n) is 7.25. The number of nitrogens with one attached hydrogen (secondary N) is 1. The van der Waals surface area contributed by atoms with Gasteiger partial charge in [0.05, 0.1) is 36.0 Å². The van der Waals surface area contributed by atoms with E-state index in [9.17, 15) is 4.79 Å². The Hall–Kier alpha value is -2.86. The van der Waals surface area contributed by atoms with Gasteiger partial charge in [-0.2, -0.15) is 0 Å². The van der Waals surface area contributed by atoms with Crippen LogP contribution in [0.2, 0.25) is 0 Å². The van der Waals surface area contributed by atoms with Crippen LogP contribution in [0.4, 0.5) is 5.69 Å². The topological polar surface area (TPSA) is 60.5 Å². The molecule has 1 aromatic carbocycles. The lowest BCUT2D eigenvalue weighted by atomic mass is 10.1. The predicted octanol–water partition coefficient (Wildman–Crippen LogP) is 4.08. The molecule has 3 aromatic rings. The summed E-state index contributed by atoms with van der Waals surface area (Å²) in [5.74, 6) is 0.944. The molecule has 0 aliphatic rings. The van der Waals surface area contributed by atoms with Gasteiger partial charge in [0.15, 0.2) is 0 Å². The average molecular weight is 340 g/mol. The van der Waals surface area contributed by atoms with Crippen LogP contribution < -0.4 is 14.8 Å². The third-order valence-corrected chi connectivity index (χ3v) is 4.34. The summed E-state index contributed by atoms with van der Waals surface area (Å²) in [6.45, 7) is 0. The maximum atomic E-state index is 12.8. The van der Waals surface area contributed by atoms with E-state index in [2.05, 4.69) is 10.3 Å². The number of thiophene rings is 1. The lowest BCUT2D eigenvalue weighted by Crippen LogP contribution is -2.14. The third-order valence-electron chi connectivity index (χ3n) is 3.46. The maximum Gasteiger partial charge on any atom is 0.258 e. The van der Waals surface area contributed by atoms with Gasteiger partial charge in [-0.15, -0.1) is 11.3 Å². The highest BCUT2D eigenvalue weighted by molar-refractivity contribution is 7.13. The zero-order chi connectivity index (χ0) is 16.9. The Kier molecular flexibility index (Phi) is 4.77. The largest absolute Gasteiger partial charge is 0.497 e. The first-order chi connectivity index (χ1) is 11.7. The molecule has 0 fully saturated rings. The first kappa shape index (κ1) is 16.0. The van der Waals surface area contributed by atoms with Crippen LogP contribution in [0.15, 0.2) is 54.0 Å². The van der Waals surface area contributed by atoms with Gasteiger partial charge < -0.3 is 14.8 Å². The van der Waals surface area contributed by atoms with E-state index < -0.39 is 0 Å². The molecule has 0 aliphatic heterocycles. The highest BCUT2D eigenvalue weighted by Crippen LogP contribution is 2.31. The summed E-state index contributed by atoms with van der Waals surface area (Å²) in [5, 5.41) is 4.83. The van der Waals surface area contributed by atoms with Crippen LogP contribution in [-0.4, -0.2) is 25.1 Å². The van der Waals surface area contributed by atoms with Crippen molar-refractivity contribution in [3.05, 3.63) is 59.6 Å². The normalized spacial score (nSPS) is 10.2. The minimum absolute atomic E-state index is 0.252. The molecule has 5 nitrogen and oxygen atoms in total. The smallest absolute Gasteiger partial charge is 0.258 e. The summed E-state index contributed by atoms with van der Waals surface area (Å²) in [6, 6.07) is 12.6. The molecule has 0 aliphatic carbocycles. The van der Waals surface area contributed by atoms with Gasteiger partial charge in [0.1, 0.15) is 11.5 Å². The second-order valence-electron chi connectivity index (χ2n) is 4.90. The number of amides is 1. The molecule has 6 heteroatoms. The minimum Gasteiger partial charge on any atom is -0.497 e. The van der Waals surface area contributed by atoms with Crippen LogP contribution in [0, 0.1) is 0 Å². The van der Waals surface area contributed by atoms with Gasteiger partial charge in [-0.25, -0.2) is 0 Å². The number of nitrogens with zero attached hydrogens (tertiary/aromatic N) is 1. The Morgan fingerprint density at radius 2 is 2.00 bits per heavy atom. The molecular formula is C18H16N2O3S. The molecule has 0 unspecified atom stereocenters. The number of ether oxygens (including phenoxy) is 2. The van der Waals surface area contributed by atoms with Crippen LogP contribution in [0.5, 0.6) is 11.5 Å². The van der Waals surface area contributed by atoms with Crippen molar-refractivity contribution in [2.45, 2.75) is 0 Å². The Morgan fingerprint density at radius 3 is 2.71 bits per heavy atom. The van der Waals surface area contributed by atoms with Crippen molar-refractivity contribution in [2.75, 3.05) is 19.5 Å². The molecule has 3 rings (SSSR count). The predicted molar refractivity (Wildman–Crippen MR) is 95.0 cm³/mol. The number of hydrogen-bond acceptors (Lipinski definition) is 5. The highest BCUT2D eigenvalue weighted by Gasteiger charge is 2.16. The molecule has 0 spiro atoms. The fourth-order valence-corrected chi connectivity index (χ4v) is 3.03. The molecule has 24 heavy (non-hydrogen) atoms. The zero-order valence-electron chi connectivity index (χ0n) is 13.3. The molecule has 122 valence electrons. The van der Waals surface area contributed by atoms with Crippen LogP contribution in [0.25, 0.3) is 10.6 Å². The Labute approximate surface area is 143 Å². The van der Waals surface area contributed by atoms with E-state index in [4.69, 9.17) is 9.47 Å². The second-order valence-corrected chi connectivity index (χ2v) is 5.84. The number of methoxy groups -OCH3 is 2. The van der Waals surface area contributed by atoms with Gasteiger partial charge in [-0.05, 0) is 35.7 Å². The molecule has 1 N–H and O–H groups in total. The molecule has 0 atom stereocenters. The number of carbonyl (C=O) groups excluding carboxylic acids is 1. The van der Waals surface area contributed by atoms with Gasteiger partial charge in [0.2, 0.25) is 0 Å². The SMILES string of the molecule is COc1ccc(OC)c(NC(=O)c2cccnc2-c2cccs2)c1. The number of carbonyl (C=O) groups is 1. The summed E-state index contributed by atoms with van der Waals surface area (Å²) in [4.78, 5) is 18.1. The van der Waals surface area contributed by atoms with Crippen molar-refractivity contribution in [3.63, 3.8) is 0 Å². The molecule has 0 saturated heterocycles. The van der Waals surface area contributed by atoms with Crippen molar-refractivity contribution in [2.24, 2.45) is 0 Å². The Morgan fingerprint density at radius 1 is 1.12 bits per heavy atom. The number of benzene rings is 1. The lowest BCUT2D eigenvalue weighted by molar-refractivity contribution is 0.102. The van der Waals surface area contributed by atoms with E-state index in [1.807, 2.05) is 17.5 Å². The van der Waals surface area contributed by atoms with Crippen molar-refractivity contribution >= 4 is 22.9 Å². The number of rotatable bonds is 5. The number of aromatic nitrogens is 1. The number of anilines is 1. The molecule has 1 amide bonds. The zero-order valence-corrected chi connectivity index (χ0v) is 14.1. The summed E-state index contributed by atoms with van der Waals surface area (Å²) in [7, 11) is 3.13. The summed E-state index contributed by atoms with van der Waals surface area (Å²) >= 11 is 1.54. The van der Waals surface area contributed by atoms with Crippen LogP contribution in [0.1, 0.15) is 10.4 Å². The van der Waals surface area contributed by atoms with Gasteiger partial charge in [-0.3, -0.25) is 9.78 Å². The van der Waals surface area contributed by atoms with Crippen molar-refractivity contribution < 1.29 is 14.3 Å². The summed E-state index contributed by atoms with van der Waals surface area (Å²) in [6.07, 6.45) is 1.68. The molecular weight excluding hydrogens is 324 g/mol. The van der Waals surface area contributed by atoms with Crippen LogP contribution in [-0.2, 0) is 0 Å². The van der Waals surface area contributed by atoms with E-state index in [-0.39, 0.29) is 5.91 Å². The van der Waals surface area contributed by atoms with E-state index in [0.29, 0.717) is 28.4 Å². The Bertz CT molecular complexity index is 847. The second kappa shape index (κ2) is 7.14. The molecule has 2 heterocycles. The molecule has 0 bridgehead atoms. The van der Waals surface area contributed by atoms with Crippen molar-refractivity contribution in [3.8, 4) is 22.1 Å². The summed E-state index contributed by atoms with van der Waals surface area (Å²) in [5.41, 5.74) is 1.71. The quantitative estimate of drug-likeness (QED) is 0.760. The van der Waals surface area contributed by atoms with Gasteiger partial charge in [0, 0.05) is 12.3 Å². The summed E-state index contributed by atoms with van der Waals surface area (Å²) < 4.78 is 10.5. The van der Waals surface area contributed by atoms with E-state index in [1.165, 1.54) is 0 Å². The highest BCUT2D eigenvalue weighted by atomic mass is 32.1. The maximum absolute atomic E-state index is 12.8. The van der Waals surface area contributed by atoms with E-state index in [0.717, 1.165) is 4.88 Å².